The van der Waals surface area contributed by atoms with Gasteiger partial charge in [0.2, 0.25) is 0 Å². The summed E-state index contributed by atoms with van der Waals surface area (Å²) >= 11 is 6.23. The predicted octanol–water partition coefficient (Wildman–Crippen LogP) is 4.42. The van der Waals surface area contributed by atoms with Crippen molar-refractivity contribution in [1.82, 2.24) is 4.90 Å². The van der Waals surface area contributed by atoms with Crippen LogP contribution in [0, 0.1) is 0 Å². The average Bonchev–Trinajstić information content (AvgIpc) is 2.75. The van der Waals surface area contributed by atoms with Crippen LogP contribution in [0.15, 0.2) is 77.7 Å². The molecule has 0 heterocycles. The van der Waals surface area contributed by atoms with E-state index in [1.165, 1.54) is 35.2 Å². The molecule has 0 aliphatic heterocycles. The molecule has 0 aliphatic rings. The highest BCUT2D eigenvalue weighted by atomic mass is 35.5. The smallest absolute Gasteiger partial charge is 0.261 e. The molecule has 0 atom stereocenters. The molecule has 1 N–H and O–H groups in total. The van der Waals surface area contributed by atoms with Crippen molar-refractivity contribution < 1.29 is 17.9 Å². The Morgan fingerprint density at radius 3 is 2.47 bits per heavy atom. The van der Waals surface area contributed by atoms with Gasteiger partial charge in [0.15, 0.2) is 0 Å². The average molecular weight is 445 g/mol. The first-order valence-corrected chi connectivity index (χ1v) is 10.9. The van der Waals surface area contributed by atoms with Crippen molar-refractivity contribution in [1.29, 1.82) is 0 Å². The molecule has 30 heavy (non-hydrogen) atoms. The zero-order valence-corrected chi connectivity index (χ0v) is 18.1. The molecule has 0 fully saturated rings. The lowest BCUT2D eigenvalue weighted by atomic mass is 10.1. The monoisotopic (exact) mass is 444 g/mol. The van der Waals surface area contributed by atoms with E-state index in [1.807, 2.05) is 24.3 Å². The van der Waals surface area contributed by atoms with Crippen LogP contribution in [0.1, 0.15) is 15.9 Å². The second kappa shape index (κ2) is 9.19. The SMILES string of the molecule is COc1cccc(CN(C)C(=O)c2cc(NS(=O)(=O)c3ccccc3)ccc2Cl)c1. The molecule has 0 bridgehead atoms. The van der Waals surface area contributed by atoms with Crippen LogP contribution in [0.25, 0.3) is 0 Å². The van der Waals surface area contributed by atoms with E-state index < -0.39 is 10.0 Å². The number of nitrogens with zero attached hydrogens (tertiary/aromatic N) is 1. The molecule has 0 aromatic heterocycles. The van der Waals surface area contributed by atoms with Gasteiger partial charge in [0.1, 0.15) is 5.75 Å². The lowest BCUT2D eigenvalue weighted by molar-refractivity contribution is 0.0785. The second-order valence-electron chi connectivity index (χ2n) is 6.63. The van der Waals surface area contributed by atoms with Crippen LogP contribution in [0.4, 0.5) is 5.69 Å². The topological polar surface area (TPSA) is 75.7 Å². The summed E-state index contributed by atoms with van der Waals surface area (Å²) in [5, 5.41) is 0.236. The Hall–Kier alpha value is -3.03. The van der Waals surface area contributed by atoms with Gasteiger partial charge in [-0.05, 0) is 48.0 Å². The van der Waals surface area contributed by atoms with Crippen molar-refractivity contribution in [2.45, 2.75) is 11.4 Å². The van der Waals surface area contributed by atoms with Gasteiger partial charge < -0.3 is 9.64 Å². The number of nitrogens with one attached hydrogen (secondary N) is 1. The summed E-state index contributed by atoms with van der Waals surface area (Å²) in [4.78, 5) is 14.6. The summed E-state index contributed by atoms with van der Waals surface area (Å²) in [6.07, 6.45) is 0. The van der Waals surface area contributed by atoms with E-state index in [9.17, 15) is 13.2 Å². The van der Waals surface area contributed by atoms with Crippen molar-refractivity contribution in [3.63, 3.8) is 0 Å². The maximum Gasteiger partial charge on any atom is 0.261 e. The number of hydrogen-bond acceptors (Lipinski definition) is 4. The van der Waals surface area contributed by atoms with E-state index in [0.717, 1.165) is 5.56 Å². The third-order valence-electron chi connectivity index (χ3n) is 4.40. The number of halogens is 1. The van der Waals surface area contributed by atoms with Gasteiger partial charge in [-0.2, -0.15) is 0 Å². The lowest BCUT2D eigenvalue weighted by Gasteiger charge is -2.19. The van der Waals surface area contributed by atoms with Gasteiger partial charge in [0.05, 0.1) is 22.6 Å². The highest BCUT2D eigenvalue weighted by Gasteiger charge is 2.19. The maximum atomic E-state index is 12.9. The van der Waals surface area contributed by atoms with Crippen molar-refractivity contribution in [2.24, 2.45) is 0 Å². The first-order chi connectivity index (χ1) is 14.3. The molecule has 3 aromatic carbocycles. The Labute approximate surface area is 181 Å². The first-order valence-electron chi connectivity index (χ1n) is 9.06. The zero-order valence-electron chi connectivity index (χ0n) is 16.5. The number of carbonyl (C=O) groups excluding carboxylic acids is 1. The molecule has 0 saturated heterocycles. The predicted molar refractivity (Wildman–Crippen MR) is 117 cm³/mol. The fraction of sp³-hybridized carbons (Fsp3) is 0.136. The summed E-state index contributed by atoms with van der Waals surface area (Å²) in [6.45, 7) is 0.340. The van der Waals surface area contributed by atoms with E-state index in [2.05, 4.69) is 4.72 Å². The minimum atomic E-state index is -3.78. The summed E-state index contributed by atoms with van der Waals surface area (Å²) < 4.78 is 32.8. The molecule has 0 saturated carbocycles. The standard InChI is InChI=1S/C22H21ClN2O4S/c1-25(15-16-7-6-8-18(13-16)29-2)22(26)20-14-17(11-12-21(20)23)24-30(27,28)19-9-4-3-5-10-19/h3-14,24H,15H2,1-2H3. The fourth-order valence-corrected chi connectivity index (χ4v) is 4.16. The molecule has 0 aliphatic carbocycles. The van der Waals surface area contributed by atoms with Crippen LogP contribution < -0.4 is 9.46 Å². The molecule has 6 nitrogen and oxygen atoms in total. The molecule has 156 valence electrons. The lowest BCUT2D eigenvalue weighted by Crippen LogP contribution is -2.26. The Morgan fingerprint density at radius 1 is 1.03 bits per heavy atom. The summed E-state index contributed by atoms with van der Waals surface area (Å²) in [7, 11) is -0.546. The van der Waals surface area contributed by atoms with Crippen LogP contribution in [0.5, 0.6) is 5.75 Å². The highest BCUT2D eigenvalue weighted by molar-refractivity contribution is 7.92. The van der Waals surface area contributed by atoms with Crippen molar-refractivity contribution in [3.8, 4) is 5.75 Å². The summed E-state index contributed by atoms with van der Waals surface area (Å²) in [5.74, 6) is 0.368. The number of amides is 1. The molecule has 3 rings (SSSR count). The Balaban J connectivity index is 1.81. The third-order valence-corrected chi connectivity index (χ3v) is 6.13. The fourth-order valence-electron chi connectivity index (χ4n) is 2.89. The molecule has 0 spiro atoms. The van der Waals surface area contributed by atoms with Crippen molar-refractivity contribution >= 4 is 33.2 Å². The van der Waals surface area contributed by atoms with Crippen LogP contribution in [0.2, 0.25) is 5.02 Å². The molecule has 0 unspecified atom stereocenters. The Kier molecular flexibility index (Phi) is 6.64. The number of hydrogen-bond donors (Lipinski definition) is 1. The Morgan fingerprint density at radius 2 is 1.77 bits per heavy atom. The number of anilines is 1. The third kappa shape index (κ3) is 5.11. The quantitative estimate of drug-likeness (QED) is 0.585. The van der Waals surface area contributed by atoms with E-state index in [4.69, 9.17) is 16.3 Å². The van der Waals surface area contributed by atoms with Crippen molar-refractivity contribution in [2.75, 3.05) is 18.9 Å². The molecular formula is C22H21ClN2O4S. The van der Waals surface area contributed by atoms with E-state index in [1.54, 1.807) is 32.4 Å². The largest absolute Gasteiger partial charge is 0.497 e. The molecule has 1 amide bonds. The molecule has 0 radical (unpaired) electrons. The summed E-state index contributed by atoms with van der Waals surface area (Å²) in [6, 6.07) is 19.8. The van der Waals surface area contributed by atoms with Crippen LogP contribution in [-0.2, 0) is 16.6 Å². The van der Waals surface area contributed by atoms with Gasteiger partial charge in [-0.3, -0.25) is 9.52 Å². The molecular weight excluding hydrogens is 424 g/mol. The van der Waals surface area contributed by atoms with E-state index in [-0.39, 0.29) is 27.1 Å². The van der Waals surface area contributed by atoms with Crippen LogP contribution in [-0.4, -0.2) is 33.4 Å². The molecule has 8 heteroatoms. The maximum absolute atomic E-state index is 12.9. The van der Waals surface area contributed by atoms with Gasteiger partial charge in [0, 0.05) is 19.3 Å². The Bertz CT molecular complexity index is 1150. The second-order valence-corrected chi connectivity index (χ2v) is 8.72. The van der Waals surface area contributed by atoms with E-state index >= 15 is 0 Å². The number of sulfonamides is 1. The van der Waals surface area contributed by atoms with Gasteiger partial charge in [-0.15, -0.1) is 0 Å². The minimum absolute atomic E-state index is 0.128. The highest BCUT2D eigenvalue weighted by Crippen LogP contribution is 2.25. The van der Waals surface area contributed by atoms with Gasteiger partial charge >= 0.3 is 0 Å². The van der Waals surface area contributed by atoms with Gasteiger partial charge in [-0.1, -0.05) is 41.9 Å². The summed E-state index contributed by atoms with van der Waals surface area (Å²) in [5.41, 5.74) is 1.35. The van der Waals surface area contributed by atoms with Crippen molar-refractivity contribution in [3.05, 3.63) is 88.9 Å². The number of methoxy groups -OCH3 is 1. The van der Waals surface area contributed by atoms with Crippen LogP contribution >= 0.6 is 11.6 Å². The minimum Gasteiger partial charge on any atom is -0.497 e. The number of carbonyl (C=O) groups is 1. The van der Waals surface area contributed by atoms with Gasteiger partial charge in [0.25, 0.3) is 15.9 Å². The first kappa shape index (κ1) is 21.7. The number of rotatable bonds is 7. The normalized spacial score (nSPS) is 11.0. The van der Waals surface area contributed by atoms with Gasteiger partial charge in [-0.25, -0.2) is 8.42 Å². The number of benzene rings is 3. The van der Waals surface area contributed by atoms with E-state index in [0.29, 0.717) is 12.3 Å². The zero-order chi connectivity index (χ0) is 21.7. The molecule has 3 aromatic rings. The number of ether oxygens (including phenoxy) is 1. The van der Waals surface area contributed by atoms with Crippen LogP contribution in [0.3, 0.4) is 0 Å².